The number of aromatic amines is 1. The molecular weight excluding hydrogens is 242 g/mol. The largest absolute Gasteiger partial charge is 0.369 e. The molecule has 0 radical (unpaired) electrons. The van der Waals surface area contributed by atoms with Crippen LogP contribution >= 0.6 is 0 Å². The van der Waals surface area contributed by atoms with E-state index < -0.39 is 5.91 Å². The summed E-state index contributed by atoms with van der Waals surface area (Å²) in [4.78, 5) is 27.8. The van der Waals surface area contributed by atoms with Crippen molar-refractivity contribution in [2.24, 2.45) is 11.7 Å². The number of rotatable bonds is 3. The van der Waals surface area contributed by atoms with E-state index in [4.69, 9.17) is 5.73 Å². The Morgan fingerprint density at radius 1 is 1.42 bits per heavy atom. The Labute approximate surface area is 110 Å². The zero-order chi connectivity index (χ0) is 13.4. The average Bonchev–Trinajstić information content (AvgIpc) is 2.96. The third-order valence-electron chi connectivity index (χ3n) is 3.61. The predicted molar refractivity (Wildman–Crippen MR) is 71.0 cm³/mol. The summed E-state index contributed by atoms with van der Waals surface area (Å²) in [6, 6.07) is 8.05. The molecule has 1 unspecified atom stereocenters. The molecule has 2 amide bonds. The van der Waals surface area contributed by atoms with Gasteiger partial charge in [0.25, 0.3) is 0 Å². The molecule has 3 rings (SSSR count). The number of H-pyrrole nitrogens is 1. The highest BCUT2D eigenvalue weighted by atomic mass is 16.2. The number of aromatic nitrogens is 1. The zero-order valence-corrected chi connectivity index (χ0v) is 10.4. The van der Waals surface area contributed by atoms with E-state index in [1.807, 2.05) is 30.5 Å². The number of benzene rings is 1. The maximum absolute atomic E-state index is 11.8. The Balaban J connectivity index is 1.77. The Kier molecular flexibility index (Phi) is 2.74. The van der Waals surface area contributed by atoms with Crippen molar-refractivity contribution in [2.75, 3.05) is 6.54 Å². The van der Waals surface area contributed by atoms with Crippen LogP contribution < -0.4 is 5.73 Å². The fourth-order valence-corrected chi connectivity index (χ4v) is 2.53. The molecule has 0 bridgehead atoms. The third-order valence-corrected chi connectivity index (χ3v) is 3.61. The monoisotopic (exact) mass is 257 g/mol. The number of nitrogens with one attached hydrogen (secondary N) is 1. The summed E-state index contributed by atoms with van der Waals surface area (Å²) in [5.41, 5.74) is 7.35. The van der Waals surface area contributed by atoms with Gasteiger partial charge in [-0.2, -0.15) is 0 Å². The summed E-state index contributed by atoms with van der Waals surface area (Å²) in [5, 5.41) is 1.14. The Hall–Kier alpha value is -2.30. The summed E-state index contributed by atoms with van der Waals surface area (Å²) in [6.07, 6.45) is 2.12. The number of amides is 2. The molecule has 1 aliphatic rings. The fraction of sp³-hybridized carbons (Fsp3) is 0.286. The minimum absolute atomic E-state index is 0.00428. The fourth-order valence-electron chi connectivity index (χ4n) is 2.53. The van der Waals surface area contributed by atoms with Gasteiger partial charge in [-0.1, -0.05) is 12.1 Å². The number of carbonyl (C=O) groups is 2. The van der Waals surface area contributed by atoms with Crippen molar-refractivity contribution in [3.63, 3.8) is 0 Å². The number of hydrogen-bond acceptors (Lipinski definition) is 2. The van der Waals surface area contributed by atoms with E-state index in [2.05, 4.69) is 4.98 Å². The van der Waals surface area contributed by atoms with Crippen LogP contribution in [0.15, 0.2) is 30.5 Å². The maximum Gasteiger partial charge on any atom is 0.223 e. The molecule has 1 aliphatic heterocycles. The van der Waals surface area contributed by atoms with E-state index in [0.717, 1.165) is 16.5 Å². The van der Waals surface area contributed by atoms with E-state index in [0.29, 0.717) is 13.1 Å². The molecule has 3 N–H and O–H groups in total. The van der Waals surface area contributed by atoms with Crippen molar-refractivity contribution in [3.05, 3.63) is 36.0 Å². The van der Waals surface area contributed by atoms with Crippen molar-refractivity contribution in [2.45, 2.75) is 13.0 Å². The second-order valence-corrected chi connectivity index (χ2v) is 4.98. The Morgan fingerprint density at radius 3 is 3.00 bits per heavy atom. The summed E-state index contributed by atoms with van der Waals surface area (Å²) >= 11 is 0. The van der Waals surface area contributed by atoms with Crippen LogP contribution in [0.1, 0.15) is 12.0 Å². The summed E-state index contributed by atoms with van der Waals surface area (Å²) in [5.74, 6) is -0.743. The maximum atomic E-state index is 11.8. The molecule has 1 saturated heterocycles. The van der Waals surface area contributed by atoms with Gasteiger partial charge in [0.1, 0.15) is 0 Å². The highest BCUT2D eigenvalue weighted by Crippen LogP contribution is 2.21. The second-order valence-electron chi connectivity index (χ2n) is 4.98. The first kappa shape index (κ1) is 11.8. The number of primary amides is 1. The van der Waals surface area contributed by atoms with Crippen molar-refractivity contribution in [1.82, 2.24) is 9.88 Å². The smallest absolute Gasteiger partial charge is 0.223 e. The van der Waals surface area contributed by atoms with Gasteiger partial charge in [-0.05, 0) is 23.1 Å². The average molecular weight is 257 g/mol. The van der Waals surface area contributed by atoms with Crippen molar-refractivity contribution in [3.8, 4) is 0 Å². The zero-order valence-electron chi connectivity index (χ0n) is 10.4. The molecule has 1 aromatic heterocycles. The number of fused-ring (bicyclic) bond motifs is 1. The summed E-state index contributed by atoms with van der Waals surface area (Å²) in [7, 11) is 0. The molecule has 0 aliphatic carbocycles. The van der Waals surface area contributed by atoms with Gasteiger partial charge in [-0.3, -0.25) is 9.59 Å². The van der Waals surface area contributed by atoms with Crippen LogP contribution in [-0.4, -0.2) is 28.2 Å². The molecule has 1 fully saturated rings. The van der Waals surface area contributed by atoms with Gasteiger partial charge < -0.3 is 15.6 Å². The van der Waals surface area contributed by atoms with Crippen molar-refractivity contribution < 1.29 is 9.59 Å². The molecule has 19 heavy (non-hydrogen) atoms. The van der Waals surface area contributed by atoms with Crippen LogP contribution in [0.3, 0.4) is 0 Å². The second kappa shape index (κ2) is 4.42. The first-order valence-corrected chi connectivity index (χ1v) is 6.26. The molecule has 2 aromatic rings. The van der Waals surface area contributed by atoms with E-state index in [9.17, 15) is 9.59 Å². The first-order chi connectivity index (χ1) is 9.13. The van der Waals surface area contributed by atoms with Crippen LogP contribution in [0.25, 0.3) is 10.9 Å². The number of likely N-dealkylation sites (tertiary alicyclic amines) is 1. The molecule has 1 atom stereocenters. The lowest BCUT2D eigenvalue weighted by Gasteiger charge is -2.16. The highest BCUT2D eigenvalue weighted by molar-refractivity contribution is 5.88. The number of carbonyl (C=O) groups excluding carboxylic acids is 2. The number of nitrogens with two attached hydrogens (primary N) is 1. The number of nitrogens with zero attached hydrogens (tertiary/aromatic N) is 1. The summed E-state index contributed by atoms with van der Waals surface area (Å²) in [6.45, 7) is 0.953. The van der Waals surface area contributed by atoms with Gasteiger partial charge >= 0.3 is 0 Å². The van der Waals surface area contributed by atoms with E-state index in [-0.39, 0.29) is 18.2 Å². The SMILES string of the molecule is NC(=O)C1CC(=O)N(Cc2ccc3cc[nH]c3c2)C1. The lowest BCUT2D eigenvalue weighted by molar-refractivity contribution is -0.128. The van der Waals surface area contributed by atoms with Gasteiger partial charge in [0.05, 0.1) is 5.92 Å². The minimum Gasteiger partial charge on any atom is -0.369 e. The molecule has 5 heteroatoms. The van der Waals surface area contributed by atoms with Crippen molar-refractivity contribution in [1.29, 1.82) is 0 Å². The topological polar surface area (TPSA) is 79.2 Å². The highest BCUT2D eigenvalue weighted by Gasteiger charge is 2.32. The van der Waals surface area contributed by atoms with Gasteiger partial charge in [0.15, 0.2) is 0 Å². The quantitative estimate of drug-likeness (QED) is 0.860. The van der Waals surface area contributed by atoms with E-state index >= 15 is 0 Å². The summed E-state index contributed by atoms with van der Waals surface area (Å²) < 4.78 is 0. The predicted octanol–water partition coefficient (Wildman–Crippen LogP) is 1.00. The minimum atomic E-state index is -0.393. The standard InChI is InChI=1S/C14H15N3O2/c15-14(19)11-6-13(18)17(8-11)7-9-1-2-10-3-4-16-12(10)5-9/h1-5,11,16H,6-8H2,(H2,15,19). The number of hydrogen-bond donors (Lipinski definition) is 2. The normalized spacial score (nSPS) is 19.3. The van der Waals surface area contributed by atoms with E-state index in [1.54, 1.807) is 4.90 Å². The van der Waals surface area contributed by atoms with Gasteiger partial charge in [0, 0.05) is 31.2 Å². The lowest BCUT2D eigenvalue weighted by atomic mass is 10.1. The first-order valence-electron chi connectivity index (χ1n) is 6.26. The van der Waals surface area contributed by atoms with Gasteiger partial charge in [0.2, 0.25) is 11.8 Å². The van der Waals surface area contributed by atoms with Gasteiger partial charge in [-0.25, -0.2) is 0 Å². The Bertz CT molecular complexity index is 647. The van der Waals surface area contributed by atoms with Crippen LogP contribution in [-0.2, 0) is 16.1 Å². The van der Waals surface area contributed by atoms with Crippen LogP contribution in [0, 0.1) is 5.92 Å². The molecule has 1 aromatic carbocycles. The van der Waals surface area contributed by atoms with Crippen LogP contribution in [0.2, 0.25) is 0 Å². The van der Waals surface area contributed by atoms with Gasteiger partial charge in [-0.15, -0.1) is 0 Å². The molecule has 98 valence electrons. The molecule has 5 nitrogen and oxygen atoms in total. The third kappa shape index (κ3) is 2.19. The molecule has 0 spiro atoms. The van der Waals surface area contributed by atoms with Crippen LogP contribution in [0.4, 0.5) is 0 Å². The molecule has 0 saturated carbocycles. The molecule has 2 heterocycles. The Morgan fingerprint density at radius 2 is 2.26 bits per heavy atom. The van der Waals surface area contributed by atoms with E-state index in [1.165, 1.54) is 0 Å². The van der Waals surface area contributed by atoms with Crippen LogP contribution in [0.5, 0.6) is 0 Å². The van der Waals surface area contributed by atoms with Crippen molar-refractivity contribution >= 4 is 22.7 Å². The lowest BCUT2D eigenvalue weighted by Crippen LogP contribution is -2.28. The molecular formula is C14H15N3O2.